The number of rotatable bonds is 3. The van der Waals surface area contributed by atoms with Gasteiger partial charge in [0.05, 0.1) is 0 Å². The van der Waals surface area contributed by atoms with Crippen LogP contribution in [0.5, 0.6) is 0 Å². The molecule has 1 aromatic carbocycles. The lowest BCUT2D eigenvalue weighted by molar-refractivity contribution is -0.118. The summed E-state index contributed by atoms with van der Waals surface area (Å²) in [7, 11) is 0. The lowest BCUT2D eigenvalue weighted by atomic mass is 10.1. The van der Waals surface area contributed by atoms with E-state index in [2.05, 4.69) is 27.0 Å². The molecule has 0 fully saturated rings. The van der Waals surface area contributed by atoms with E-state index in [-0.39, 0.29) is 5.91 Å². The molecule has 1 amide bonds. The summed E-state index contributed by atoms with van der Waals surface area (Å²) in [5.74, 6) is 0.178. The number of carbonyl (C=O) groups excluding carboxylic acids is 1. The van der Waals surface area contributed by atoms with E-state index in [1.807, 2.05) is 35.2 Å². The Morgan fingerprint density at radius 2 is 2.20 bits per heavy atom. The van der Waals surface area contributed by atoms with Crippen LogP contribution in [0.15, 0.2) is 47.1 Å². The van der Waals surface area contributed by atoms with E-state index in [9.17, 15) is 4.79 Å². The molecule has 1 aliphatic rings. The van der Waals surface area contributed by atoms with Gasteiger partial charge in [-0.3, -0.25) is 9.78 Å². The highest BCUT2D eigenvalue weighted by atomic mass is 79.9. The molecule has 0 spiro atoms. The van der Waals surface area contributed by atoms with E-state index >= 15 is 0 Å². The maximum absolute atomic E-state index is 12.4. The van der Waals surface area contributed by atoms with Gasteiger partial charge in [0.1, 0.15) is 0 Å². The fourth-order valence-corrected chi connectivity index (χ4v) is 2.95. The highest BCUT2D eigenvalue weighted by Crippen LogP contribution is 2.31. The first-order chi connectivity index (χ1) is 9.74. The minimum Gasteiger partial charge on any atom is -0.312 e. The summed E-state index contributed by atoms with van der Waals surface area (Å²) in [5, 5.41) is 0. The topological polar surface area (TPSA) is 33.2 Å². The van der Waals surface area contributed by atoms with Crippen LogP contribution in [0, 0.1) is 0 Å². The van der Waals surface area contributed by atoms with Gasteiger partial charge in [0, 0.05) is 35.0 Å². The normalized spacial score (nSPS) is 13.3. The Morgan fingerprint density at radius 1 is 1.30 bits per heavy atom. The van der Waals surface area contributed by atoms with Crippen molar-refractivity contribution in [2.45, 2.75) is 19.3 Å². The van der Waals surface area contributed by atoms with Gasteiger partial charge in [-0.2, -0.15) is 0 Å². The summed E-state index contributed by atoms with van der Waals surface area (Å²) >= 11 is 3.47. The van der Waals surface area contributed by atoms with Crippen LogP contribution in [-0.4, -0.2) is 17.4 Å². The number of anilines is 1. The Hall–Kier alpha value is -1.68. The van der Waals surface area contributed by atoms with E-state index in [0.717, 1.165) is 28.8 Å². The summed E-state index contributed by atoms with van der Waals surface area (Å²) in [4.78, 5) is 18.5. The van der Waals surface area contributed by atoms with E-state index in [4.69, 9.17) is 0 Å². The second-order valence-electron chi connectivity index (χ2n) is 4.89. The number of hydrogen-bond donors (Lipinski definition) is 0. The molecule has 0 saturated heterocycles. The first-order valence-corrected chi connectivity index (χ1v) is 7.52. The van der Waals surface area contributed by atoms with Gasteiger partial charge >= 0.3 is 0 Å². The molecule has 4 heteroatoms. The Morgan fingerprint density at radius 3 is 3.00 bits per heavy atom. The fraction of sp³-hybridized carbons (Fsp3) is 0.250. The van der Waals surface area contributed by atoms with Gasteiger partial charge in [0.25, 0.3) is 0 Å². The molecular formula is C16H15BrN2O. The molecule has 3 rings (SSSR count). The smallest absolute Gasteiger partial charge is 0.227 e. The number of pyridine rings is 1. The summed E-state index contributed by atoms with van der Waals surface area (Å²) in [6, 6.07) is 11.9. The summed E-state index contributed by atoms with van der Waals surface area (Å²) in [5.41, 5.74) is 3.26. The van der Waals surface area contributed by atoms with E-state index in [1.165, 1.54) is 5.56 Å². The number of halogens is 1. The maximum Gasteiger partial charge on any atom is 0.227 e. The molecule has 1 aromatic heterocycles. The Labute approximate surface area is 126 Å². The molecule has 3 nitrogen and oxygen atoms in total. The van der Waals surface area contributed by atoms with Gasteiger partial charge in [-0.05, 0) is 48.7 Å². The van der Waals surface area contributed by atoms with E-state index < -0.39 is 0 Å². The molecule has 2 heterocycles. The molecule has 1 aliphatic heterocycles. The summed E-state index contributed by atoms with van der Waals surface area (Å²) in [6.07, 6.45) is 3.90. The maximum atomic E-state index is 12.4. The molecule has 0 N–H and O–H groups in total. The minimum atomic E-state index is 0.178. The molecular weight excluding hydrogens is 316 g/mol. The number of fused-ring (bicyclic) bond motifs is 1. The molecule has 0 radical (unpaired) electrons. The first-order valence-electron chi connectivity index (χ1n) is 6.73. The third kappa shape index (κ3) is 2.75. The minimum absolute atomic E-state index is 0.178. The monoisotopic (exact) mass is 330 g/mol. The average molecular weight is 331 g/mol. The predicted octanol–water partition coefficient (Wildman–Crippen LogP) is 3.37. The number of benzene rings is 1. The molecule has 102 valence electrons. The SMILES string of the molecule is O=C(CCc1ccccn1)N1CCc2cc(Br)ccc21. The number of carbonyl (C=O) groups is 1. The quantitative estimate of drug-likeness (QED) is 0.864. The van der Waals surface area contributed by atoms with E-state index in [1.54, 1.807) is 6.20 Å². The Bertz CT molecular complexity index is 628. The van der Waals surface area contributed by atoms with Crippen molar-refractivity contribution in [3.8, 4) is 0 Å². The van der Waals surface area contributed by atoms with Gasteiger partial charge in [0.15, 0.2) is 0 Å². The van der Waals surface area contributed by atoms with Crippen LogP contribution in [0.2, 0.25) is 0 Å². The number of amides is 1. The molecule has 0 aliphatic carbocycles. The predicted molar refractivity (Wildman–Crippen MR) is 82.8 cm³/mol. The zero-order chi connectivity index (χ0) is 13.9. The van der Waals surface area contributed by atoms with Crippen LogP contribution in [0.3, 0.4) is 0 Å². The third-order valence-corrected chi connectivity index (χ3v) is 4.05. The second kappa shape index (κ2) is 5.75. The lowest BCUT2D eigenvalue weighted by Gasteiger charge is -2.17. The Kier molecular flexibility index (Phi) is 3.83. The van der Waals surface area contributed by atoms with E-state index in [0.29, 0.717) is 12.8 Å². The third-order valence-electron chi connectivity index (χ3n) is 3.56. The zero-order valence-corrected chi connectivity index (χ0v) is 12.6. The zero-order valence-electron chi connectivity index (χ0n) is 11.1. The van der Waals surface area contributed by atoms with Crippen LogP contribution in [0.25, 0.3) is 0 Å². The van der Waals surface area contributed by atoms with Gasteiger partial charge < -0.3 is 4.90 Å². The van der Waals surface area contributed by atoms with Crippen LogP contribution in [-0.2, 0) is 17.6 Å². The van der Waals surface area contributed by atoms with Crippen molar-refractivity contribution in [1.29, 1.82) is 0 Å². The van der Waals surface area contributed by atoms with Crippen LogP contribution >= 0.6 is 15.9 Å². The van der Waals surface area contributed by atoms with Crippen molar-refractivity contribution in [2.24, 2.45) is 0 Å². The number of aryl methyl sites for hydroxylation is 1. The number of aromatic nitrogens is 1. The van der Waals surface area contributed by atoms with Crippen LogP contribution in [0.1, 0.15) is 17.7 Å². The van der Waals surface area contributed by atoms with Crippen molar-refractivity contribution in [2.75, 3.05) is 11.4 Å². The standard InChI is InChI=1S/C16H15BrN2O/c17-13-4-6-15-12(11-13)8-10-19(15)16(20)7-5-14-3-1-2-9-18-14/h1-4,6,9,11H,5,7-8,10H2. The molecule has 20 heavy (non-hydrogen) atoms. The average Bonchev–Trinajstić information content (AvgIpc) is 2.89. The molecule has 0 saturated carbocycles. The van der Waals surface area contributed by atoms with Gasteiger partial charge in [-0.15, -0.1) is 0 Å². The van der Waals surface area contributed by atoms with Crippen molar-refractivity contribution < 1.29 is 4.79 Å². The number of hydrogen-bond acceptors (Lipinski definition) is 2. The summed E-state index contributed by atoms with van der Waals surface area (Å²) < 4.78 is 1.07. The Balaban J connectivity index is 1.68. The highest BCUT2D eigenvalue weighted by Gasteiger charge is 2.24. The van der Waals surface area contributed by atoms with Crippen LogP contribution < -0.4 is 4.90 Å². The van der Waals surface area contributed by atoms with Gasteiger partial charge in [0.2, 0.25) is 5.91 Å². The fourth-order valence-electron chi connectivity index (χ4n) is 2.55. The molecule has 0 atom stereocenters. The van der Waals surface area contributed by atoms with Gasteiger partial charge in [-0.25, -0.2) is 0 Å². The lowest BCUT2D eigenvalue weighted by Crippen LogP contribution is -2.29. The van der Waals surface area contributed by atoms with Crippen molar-refractivity contribution in [3.63, 3.8) is 0 Å². The summed E-state index contributed by atoms with van der Waals surface area (Å²) in [6.45, 7) is 0.785. The first kappa shape index (κ1) is 13.3. The highest BCUT2D eigenvalue weighted by molar-refractivity contribution is 9.10. The van der Waals surface area contributed by atoms with Crippen molar-refractivity contribution in [1.82, 2.24) is 4.98 Å². The molecule has 2 aromatic rings. The van der Waals surface area contributed by atoms with Gasteiger partial charge in [-0.1, -0.05) is 22.0 Å². The largest absolute Gasteiger partial charge is 0.312 e. The second-order valence-corrected chi connectivity index (χ2v) is 5.81. The van der Waals surface area contributed by atoms with Crippen LogP contribution in [0.4, 0.5) is 5.69 Å². The molecule has 0 bridgehead atoms. The van der Waals surface area contributed by atoms with Crippen molar-refractivity contribution >= 4 is 27.5 Å². The van der Waals surface area contributed by atoms with Crippen molar-refractivity contribution in [3.05, 3.63) is 58.3 Å². The number of nitrogens with zero attached hydrogens (tertiary/aromatic N) is 2. The molecule has 0 unspecified atom stereocenters.